The zero-order chi connectivity index (χ0) is 7.40. The van der Waals surface area contributed by atoms with Crippen LogP contribution in [0.3, 0.4) is 0 Å². The van der Waals surface area contributed by atoms with Crippen molar-refractivity contribution < 1.29 is 9.28 Å². The highest BCUT2D eigenvalue weighted by atomic mass is 18.3. The fourth-order valence-electron chi connectivity index (χ4n) is 1.13. The molecule has 1 aliphatic heterocycles. The van der Waals surface area contributed by atoms with Gasteiger partial charge < -0.3 is 0 Å². The van der Waals surface area contributed by atoms with Crippen molar-refractivity contribution in [3.8, 4) is 0 Å². The summed E-state index contributed by atoms with van der Waals surface area (Å²) in [6.45, 7) is 0.291. The molecule has 10 heavy (non-hydrogen) atoms. The summed E-state index contributed by atoms with van der Waals surface area (Å²) in [4.78, 5) is 10.7. The quantitative estimate of drug-likeness (QED) is 0.473. The van der Waals surface area contributed by atoms with Crippen LogP contribution in [0.15, 0.2) is 0 Å². The van der Waals surface area contributed by atoms with Crippen LogP contribution in [0.4, 0.5) is 4.48 Å². The number of amides is 1. The van der Waals surface area contributed by atoms with Crippen LogP contribution in [0.5, 0.6) is 0 Å². The molecular formula is C7H12FNO. The molecule has 2 nitrogen and oxygen atoms in total. The van der Waals surface area contributed by atoms with Gasteiger partial charge in [-0.25, -0.2) is 0 Å². The van der Waals surface area contributed by atoms with E-state index >= 15 is 0 Å². The van der Waals surface area contributed by atoms with Crippen molar-refractivity contribution in [2.45, 2.75) is 32.1 Å². The maximum atomic E-state index is 12.5. The van der Waals surface area contributed by atoms with Gasteiger partial charge in [-0.05, 0) is 12.8 Å². The Hall–Kier alpha value is -0.600. The van der Waals surface area contributed by atoms with Gasteiger partial charge in [0.2, 0.25) is 5.91 Å². The molecule has 0 aromatic rings. The van der Waals surface area contributed by atoms with Crippen LogP contribution >= 0.6 is 0 Å². The molecule has 1 aliphatic rings. The Balaban J connectivity index is 2.35. The van der Waals surface area contributed by atoms with Gasteiger partial charge >= 0.3 is 0 Å². The third kappa shape index (κ3) is 1.97. The number of nitrogens with zero attached hydrogens (tertiary/aromatic N) is 1. The van der Waals surface area contributed by atoms with Crippen molar-refractivity contribution >= 4 is 5.91 Å². The molecule has 0 unspecified atom stereocenters. The van der Waals surface area contributed by atoms with E-state index in [1.54, 1.807) is 0 Å². The Morgan fingerprint density at radius 3 is 2.70 bits per heavy atom. The highest BCUT2D eigenvalue weighted by Crippen LogP contribution is 2.11. The van der Waals surface area contributed by atoms with Crippen LogP contribution in [0, 0.1) is 0 Å². The number of carbonyl (C=O) groups is 1. The second-order valence-corrected chi connectivity index (χ2v) is 2.64. The highest BCUT2D eigenvalue weighted by molar-refractivity contribution is 5.74. The van der Waals surface area contributed by atoms with Gasteiger partial charge in [0.05, 0.1) is 6.54 Å². The number of hydrogen-bond acceptors (Lipinski definition) is 1. The van der Waals surface area contributed by atoms with E-state index in [4.69, 9.17) is 0 Å². The van der Waals surface area contributed by atoms with Gasteiger partial charge in [0.15, 0.2) is 0 Å². The van der Waals surface area contributed by atoms with E-state index in [1.165, 1.54) is 0 Å². The van der Waals surface area contributed by atoms with Crippen LogP contribution in [0.25, 0.3) is 0 Å². The normalized spacial score (nSPS) is 22.1. The van der Waals surface area contributed by atoms with Gasteiger partial charge in [-0.1, -0.05) is 17.3 Å². The van der Waals surface area contributed by atoms with E-state index in [1.807, 2.05) is 0 Å². The predicted molar refractivity (Wildman–Crippen MR) is 35.9 cm³/mol. The number of halogens is 1. The Morgan fingerprint density at radius 2 is 1.90 bits per heavy atom. The topological polar surface area (TPSA) is 20.3 Å². The Labute approximate surface area is 59.9 Å². The maximum Gasteiger partial charge on any atom is 0.250 e. The van der Waals surface area contributed by atoms with Gasteiger partial charge in [-0.2, -0.15) is 5.12 Å². The summed E-state index contributed by atoms with van der Waals surface area (Å²) in [5, 5.41) is 0.346. The SMILES string of the molecule is O=C1CCCCCCN1[18F]. The molecule has 1 fully saturated rings. The summed E-state index contributed by atoms with van der Waals surface area (Å²) in [6, 6.07) is 0. The van der Waals surface area contributed by atoms with Crippen molar-refractivity contribution in [2.75, 3.05) is 6.54 Å². The van der Waals surface area contributed by atoms with E-state index in [-0.39, 0.29) is 5.91 Å². The number of hydrogen-bond donors (Lipinski definition) is 0. The van der Waals surface area contributed by atoms with E-state index in [0.717, 1.165) is 25.7 Å². The smallest absolute Gasteiger partial charge is 0.250 e. The molecule has 0 N–H and O–H groups in total. The predicted octanol–water partition coefficient (Wildman–Crippen LogP) is 1.66. The van der Waals surface area contributed by atoms with Crippen molar-refractivity contribution in [2.24, 2.45) is 0 Å². The fourth-order valence-corrected chi connectivity index (χ4v) is 1.13. The average Bonchev–Trinajstić information content (AvgIpc) is 1.92. The molecule has 0 saturated carbocycles. The lowest BCUT2D eigenvalue weighted by atomic mass is 10.1. The molecule has 1 heterocycles. The van der Waals surface area contributed by atoms with Crippen molar-refractivity contribution in [3.63, 3.8) is 0 Å². The first-order chi connectivity index (χ1) is 4.80. The van der Waals surface area contributed by atoms with E-state index < -0.39 is 0 Å². The molecule has 0 aromatic heterocycles. The first kappa shape index (κ1) is 7.51. The summed E-state index contributed by atoms with van der Waals surface area (Å²) in [5.41, 5.74) is 0. The third-order valence-corrected chi connectivity index (χ3v) is 1.77. The minimum atomic E-state index is -0.347. The van der Waals surface area contributed by atoms with Gasteiger partial charge in [0.1, 0.15) is 0 Å². The Bertz CT molecular complexity index is 127. The summed E-state index contributed by atoms with van der Waals surface area (Å²) < 4.78 is 12.5. The number of rotatable bonds is 0. The maximum absolute atomic E-state index is 12.5. The van der Waals surface area contributed by atoms with Gasteiger partial charge in [-0.3, -0.25) is 4.79 Å². The molecule has 1 amide bonds. The van der Waals surface area contributed by atoms with Gasteiger partial charge in [-0.15, -0.1) is 0 Å². The molecule has 58 valence electrons. The van der Waals surface area contributed by atoms with Crippen molar-refractivity contribution in [1.82, 2.24) is 5.12 Å². The monoisotopic (exact) mass is 144 g/mol. The minimum Gasteiger partial charge on any atom is -0.272 e. The zero-order valence-electron chi connectivity index (χ0n) is 5.98. The molecule has 0 aliphatic carbocycles. The van der Waals surface area contributed by atoms with E-state index in [9.17, 15) is 9.28 Å². The lowest BCUT2D eigenvalue weighted by Gasteiger charge is -2.14. The molecule has 0 bridgehead atoms. The molecule has 0 aromatic carbocycles. The van der Waals surface area contributed by atoms with Crippen LogP contribution in [-0.2, 0) is 4.79 Å². The lowest BCUT2D eigenvalue weighted by molar-refractivity contribution is -0.147. The lowest BCUT2D eigenvalue weighted by Crippen LogP contribution is -2.24. The standard InChI is InChI=1S/C7H12FNO/c8-9-6-4-2-1-3-5-7(9)10/h1-6H2/i8-1. The summed E-state index contributed by atoms with van der Waals surface area (Å²) in [6.07, 6.45) is 4.16. The van der Waals surface area contributed by atoms with Crippen LogP contribution in [0.2, 0.25) is 0 Å². The average molecular weight is 144 g/mol. The molecule has 0 spiro atoms. The molecule has 0 radical (unpaired) electrons. The summed E-state index contributed by atoms with van der Waals surface area (Å²) >= 11 is 0. The molecule has 3 heteroatoms. The second-order valence-electron chi connectivity index (χ2n) is 2.64. The van der Waals surface area contributed by atoms with Crippen LogP contribution < -0.4 is 0 Å². The molecule has 1 rings (SSSR count). The van der Waals surface area contributed by atoms with E-state index in [0.29, 0.717) is 18.1 Å². The van der Waals surface area contributed by atoms with Crippen LogP contribution in [-0.4, -0.2) is 17.6 Å². The Kier molecular flexibility index (Phi) is 2.66. The number of carbonyl (C=O) groups excluding carboxylic acids is 1. The fraction of sp³-hybridized carbons (Fsp3) is 0.857. The van der Waals surface area contributed by atoms with Crippen LogP contribution in [0.1, 0.15) is 32.1 Å². The second kappa shape index (κ2) is 3.54. The molecular weight excluding hydrogens is 132 g/mol. The minimum absolute atomic E-state index is 0.291. The van der Waals surface area contributed by atoms with Gasteiger partial charge in [0.25, 0.3) is 0 Å². The molecule has 1 saturated heterocycles. The molecule has 0 atom stereocenters. The Morgan fingerprint density at radius 1 is 1.20 bits per heavy atom. The third-order valence-electron chi connectivity index (χ3n) is 1.77. The van der Waals surface area contributed by atoms with Gasteiger partial charge in [0, 0.05) is 6.42 Å². The highest BCUT2D eigenvalue weighted by Gasteiger charge is 2.13. The summed E-state index contributed by atoms with van der Waals surface area (Å²) in [7, 11) is 0. The van der Waals surface area contributed by atoms with Crippen molar-refractivity contribution in [3.05, 3.63) is 0 Å². The zero-order valence-corrected chi connectivity index (χ0v) is 5.98. The summed E-state index contributed by atoms with van der Waals surface area (Å²) in [5.74, 6) is -0.347. The first-order valence-electron chi connectivity index (χ1n) is 3.77. The first-order valence-corrected chi connectivity index (χ1v) is 3.77. The largest absolute Gasteiger partial charge is 0.272 e. The van der Waals surface area contributed by atoms with E-state index in [2.05, 4.69) is 0 Å². The van der Waals surface area contributed by atoms with Crippen molar-refractivity contribution in [1.29, 1.82) is 0 Å².